The fraction of sp³-hybridized carbons (Fsp3) is 0.113. The summed E-state index contributed by atoms with van der Waals surface area (Å²) in [4.78, 5) is 15.1. The van der Waals surface area contributed by atoms with E-state index in [1.165, 1.54) is 27.8 Å². The summed E-state index contributed by atoms with van der Waals surface area (Å²) in [6.07, 6.45) is 13.1. The quantitative estimate of drug-likeness (QED) is 0.124. The first-order chi connectivity index (χ1) is 28.0. The lowest BCUT2D eigenvalue weighted by atomic mass is 9.75. The van der Waals surface area contributed by atoms with Crippen molar-refractivity contribution in [2.24, 2.45) is 20.9 Å². The molecule has 4 heteroatoms. The SMILES string of the molecule is C=NC(=NC(=NCc1ccccc1)c1cccc(-c2ccccc2)c1)c1cc(-c2ccc3c(c2)C(C)(C)c2ccccc2-3)c2c(c1)C1C(=CC=C3C=CC=CC31)O2. The van der Waals surface area contributed by atoms with E-state index >= 15 is 0 Å². The zero-order valence-electron chi connectivity index (χ0n) is 32.1. The minimum Gasteiger partial charge on any atom is -0.460 e. The van der Waals surface area contributed by atoms with Gasteiger partial charge in [-0.3, -0.25) is 4.99 Å². The van der Waals surface area contributed by atoms with Crippen molar-refractivity contribution in [3.8, 4) is 39.1 Å². The first-order valence-corrected chi connectivity index (χ1v) is 19.6. The van der Waals surface area contributed by atoms with E-state index in [0.717, 1.165) is 56.0 Å². The van der Waals surface area contributed by atoms with Crippen LogP contribution < -0.4 is 4.74 Å². The predicted molar refractivity (Wildman–Crippen MR) is 235 cm³/mol. The van der Waals surface area contributed by atoms with Gasteiger partial charge in [-0.05, 0) is 87.1 Å². The lowest BCUT2D eigenvalue weighted by Crippen LogP contribution is -2.17. The van der Waals surface area contributed by atoms with Crippen LogP contribution in [0, 0.1) is 5.92 Å². The first kappa shape index (κ1) is 34.6. The van der Waals surface area contributed by atoms with Crippen LogP contribution >= 0.6 is 0 Å². The summed E-state index contributed by atoms with van der Waals surface area (Å²) >= 11 is 0. The molecule has 3 aliphatic carbocycles. The number of allylic oxidation sites excluding steroid dienone is 8. The Kier molecular flexibility index (Phi) is 8.48. The lowest BCUT2D eigenvalue weighted by molar-refractivity contribution is 0.410. The number of hydrogen-bond donors (Lipinski definition) is 0. The van der Waals surface area contributed by atoms with Crippen molar-refractivity contribution < 1.29 is 4.74 Å². The van der Waals surface area contributed by atoms with Crippen molar-refractivity contribution in [2.45, 2.75) is 31.7 Å². The van der Waals surface area contributed by atoms with Crippen LogP contribution in [-0.2, 0) is 12.0 Å². The van der Waals surface area contributed by atoms with Gasteiger partial charge in [0.05, 0.1) is 12.5 Å². The molecule has 0 radical (unpaired) electrons. The number of fused-ring (bicyclic) bond motifs is 8. The number of amidine groups is 2. The average Bonchev–Trinajstić information content (AvgIpc) is 3.76. The summed E-state index contributed by atoms with van der Waals surface area (Å²) in [6, 6.07) is 49.2. The van der Waals surface area contributed by atoms with Crippen LogP contribution in [0.1, 0.15) is 53.1 Å². The van der Waals surface area contributed by atoms with Crippen molar-refractivity contribution in [3.63, 3.8) is 0 Å². The van der Waals surface area contributed by atoms with Crippen LogP contribution in [0.3, 0.4) is 0 Å². The molecule has 6 aromatic carbocycles. The highest BCUT2D eigenvalue weighted by Gasteiger charge is 2.41. The molecule has 0 saturated heterocycles. The maximum absolute atomic E-state index is 6.89. The molecule has 1 aliphatic heterocycles. The van der Waals surface area contributed by atoms with Crippen LogP contribution in [-0.4, -0.2) is 18.4 Å². The Morgan fingerprint density at radius 2 is 1.42 bits per heavy atom. The van der Waals surface area contributed by atoms with Gasteiger partial charge in [0, 0.05) is 33.6 Å². The third-order valence-corrected chi connectivity index (χ3v) is 11.9. The second-order valence-electron chi connectivity index (χ2n) is 15.6. The zero-order valence-corrected chi connectivity index (χ0v) is 32.1. The van der Waals surface area contributed by atoms with Crippen molar-refractivity contribution in [3.05, 3.63) is 221 Å². The second kappa shape index (κ2) is 14.0. The van der Waals surface area contributed by atoms with Crippen LogP contribution in [0.25, 0.3) is 33.4 Å². The average molecular weight is 736 g/mol. The standard InChI is InChI=1S/C53H41N3O/c1-53(2)46-24-13-12-23-42(46)43-27-25-38(32-47(43)53)44-30-40(31-45-49-41-22-11-10-19-36(41)26-28-48(49)57-50(44)45)51(54-3)56-52(55-33-34-15-6-4-7-16-34)39-21-14-20-37(29-39)35-17-8-5-9-18-35/h4-32,41,49H,3,33H2,1-2H3. The second-order valence-corrected chi connectivity index (χ2v) is 15.6. The van der Waals surface area contributed by atoms with Gasteiger partial charge >= 0.3 is 0 Å². The zero-order chi connectivity index (χ0) is 38.5. The molecule has 1 heterocycles. The van der Waals surface area contributed by atoms with Gasteiger partial charge in [0.15, 0.2) is 11.7 Å². The van der Waals surface area contributed by atoms with Crippen molar-refractivity contribution in [2.75, 3.05) is 0 Å². The molecule has 6 aromatic rings. The Labute approximate surface area is 334 Å². The molecule has 10 rings (SSSR count). The Hall–Kier alpha value is -6.91. The van der Waals surface area contributed by atoms with E-state index in [9.17, 15) is 0 Å². The van der Waals surface area contributed by atoms with Gasteiger partial charge in [-0.25, -0.2) is 9.98 Å². The van der Waals surface area contributed by atoms with Crippen LogP contribution in [0.2, 0.25) is 0 Å². The number of rotatable bonds is 6. The Balaban J connectivity index is 1.14. The molecule has 0 bridgehead atoms. The van der Waals surface area contributed by atoms with E-state index in [2.05, 4.69) is 177 Å². The van der Waals surface area contributed by atoms with E-state index in [4.69, 9.17) is 14.7 Å². The number of hydrogen-bond acceptors (Lipinski definition) is 2. The Morgan fingerprint density at radius 3 is 2.26 bits per heavy atom. The summed E-state index contributed by atoms with van der Waals surface area (Å²) in [5.41, 5.74) is 14.7. The molecule has 0 N–H and O–H groups in total. The summed E-state index contributed by atoms with van der Waals surface area (Å²) < 4.78 is 6.89. The fourth-order valence-electron chi connectivity index (χ4n) is 8.98. The van der Waals surface area contributed by atoms with Crippen LogP contribution in [0.4, 0.5) is 0 Å². The minimum atomic E-state index is -0.147. The predicted octanol–water partition coefficient (Wildman–Crippen LogP) is 12.5. The lowest BCUT2D eigenvalue weighted by Gasteiger charge is -2.26. The van der Waals surface area contributed by atoms with E-state index in [1.807, 2.05) is 24.3 Å². The molecule has 4 nitrogen and oxygen atoms in total. The highest BCUT2D eigenvalue weighted by atomic mass is 16.5. The summed E-state index contributed by atoms with van der Waals surface area (Å²) in [6.45, 7) is 9.21. The van der Waals surface area contributed by atoms with Crippen LogP contribution in [0.15, 0.2) is 202 Å². The van der Waals surface area contributed by atoms with E-state index in [1.54, 1.807) is 0 Å². The summed E-state index contributed by atoms with van der Waals surface area (Å²) in [5.74, 6) is 3.13. The van der Waals surface area contributed by atoms with Crippen LogP contribution in [0.5, 0.6) is 5.75 Å². The third kappa shape index (κ3) is 6.05. The van der Waals surface area contributed by atoms with E-state index in [0.29, 0.717) is 18.2 Å². The number of benzene rings is 6. The molecular weight excluding hydrogens is 695 g/mol. The van der Waals surface area contributed by atoms with Gasteiger partial charge < -0.3 is 4.74 Å². The monoisotopic (exact) mass is 735 g/mol. The van der Waals surface area contributed by atoms with Crippen molar-refractivity contribution in [1.29, 1.82) is 0 Å². The number of aliphatic imine (C=N–C) groups is 3. The van der Waals surface area contributed by atoms with Gasteiger partial charge in [-0.15, -0.1) is 0 Å². The minimum absolute atomic E-state index is 0.0230. The van der Waals surface area contributed by atoms with Gasteiger partial charge in [0.25, 0.3) is 0 Å². The smallest absolute Gasteiger partial charge is 0.161 e. The third-order valence-electron chi connectivity index (χ3n) is 11.9. The highest BCUT2D eigenvalue weighted by Crippen LogP contribution is 2.55. The molecule has 0 amide bonds. The first-order valence-electron chi connectivity index (χ1n) is 19.6. The number of ether oxygens (including phenoxy) is 1. The van der Waals surface area contributed by atoms with E-state index in [-0.39, 0.29) is 17.3 Å². The molecule has 2 unspecified atom stereocenters. The van der Waals surface area contributed by atoms with E-state index < -0.39 is 0 Å². The largest absolute Gasteiger partial charge is 0.460 e. The molecule has 57 heavy (non-hydrogen) atoms. The normalized spacial score (nSPS) is 18.4. The highest BCUT2D eigenvalue weighted by molar-refractivity contribution is 6.13. The molecule has 274 valence electrons. The molecule has 0 spiro atoms. The molecule has 4 aliphatic rings. The number of nitrogens with zero attached hydrogens (tertiary/aromatic N) is 3. The fourth-order valence-corrected chi connectivity index (χ4v) is 8.98. The van der Waals surface area contributed by atoms with Gasteiger partial charge in [-0.1, -0.05) is 159 Å². The van der Waals surface area contributed by atoms with Gasteiger partial charge in [-0.2, -0.15) is 0 Å². The summed E-state index contributed by atoms with van der Waals surface area (Å²) in [5, 5.41) is 0. The molecular formula is C53H41N3O. The van der Waals surface area contributed by atoms with Crippen molar-refractivity contribution in [1.82, 2.24) is 0 Å². The molecule has 0 saturated carbocycles. The van der Waals surface area contributed by atoms with Crippen molar-refractivity contribution >= 4 is 18.4 Å². The topological polar surface area (TPSA) is 46.3 Å². The molecule has 0 aromatic heterocycles. The summed E-state index contributed by atoms with van der Waals surface area (Å²) in [7, 11) is 0. The molecule has 0 fully saturated rings. The maximum atomic E-state index is 6.89. The maximum Gasteiger partial charge on any atom is 0.161 e. The Bertz CT molecular complexity index is 2780. The Morgan fingerprint density at radius 1 is 0.649 bits per heavy atom. The molecule has 2 atom stereocenters. The van der Waals surface area contributed by atoms with Gasteiger partial charge in [0.1, 0.15) is 11.5 Å². The van der Waals surface area contributed by atoms with Gasteiger partial charge in [0.2, 0.25) is 0 Å².